The van der Waals surface area contributed by atoms with E-state index in [2.05, 4.69) is 11.9 Å². The van der Waals surface area contributed by atoms with Crippen LogP contribution in [0.2, 0.25) is 0 Å². The summed E-state index contributed by atoms with van der Waals surface area (Å²) in [6.07, 6.45) is 2.55. The lowest BCUT2D eigenvalue weighted by Gasteiger charge is -2.32. The Hall–Kier alpha value is -0.160. The lowest BCUT2D eigenvalue weighted by Crippen LogP contribution is -2.41. The standard InChI is InChI=1S/C10H22N2O2/c1-12(8-10(13)2-5-11)9-3-6-14-7-4-9/h9-10,13H,2-8,11H2,1H3. The summed E-state index contributed by atoms with van der Waals surface area (Å²) >= 11 is 0. The van der Waals surface area contributed by atoms with Crippen LogP contribution in [0.25, 0.3) is 0 Å². The topological polar surface area (TPSA) is 58.7 Å². The van der Waals surface area contributed by atoms with Gasteiger partial charge in [-0.2, -0.15) is 0 Å². The van der Waals surface area contributed by atoms with E-state index in [1.54, 1.807) is 0 Å². The summed E-state index contributed by atoms with van der Waals surface area (Å²) in [5, 5.41) is 9.60. The molecule has 1 heterocycles. The summed E-state index contributed by atoms with van der Waals surface area (Å²) in [6, 6.07) is 0.566. The average molecular weight is 202 g/mol. The molecule has 1 saturated heterocycles. The lowest BCUT2D eigenvalue weighted by atomic mass is 10.1. The highest BCUT2D eigenvalue weighted by molar-refractivity contribution is 4.74. The van der Waals surface area contributed by atoms with Gasteiger partial charge in [-0.05, 0) is 32.9 Å². The fourth-order valence-corrected chi connectivity index (χ4v) is 1.89. The van der Waals surface area contributed by atoms with Gasteiger partial charge in [0.25, 0.3) is 0 Å². The van der Waals surface area contributed by atoms with E-state index in [0.29, 0.717) is 19.0 Å². The Morgan fingerprint density at radius 1 is 1.50 bits per heavy atom. The lowest BCUT2D eigenvalue weighted by molar-refractivity contribution is 0.0246. The van der Waals surface area contributed by atoms with E-state index in [0.717, 1.165) is 32.6 Å². The summed E-state index contributed by atoms with van der Waals surface area (Å²) in [5.41, 5.74) is 5.39. The predicted octanol–water partition coefficient (Wildman–Crippen LogP) is -0.193. The number of ether oxygens (including phenoxy) is 1. The van der Waals surface area contributed by atoms with Crippen molar-refractivity contribution in [2.24, 2.45) is 5.73 Å². The van der Waals surface area contributed by atoms with Gasteiger partial charge in [-0.25, -0.2) is 0 Å². The molecule has 14 heavy (non-hydrogen) atoms. The predicted molar refractivity (Wildman–Crippen MR) is 56.1 cm³/mol. The summed E-state index contributed by atoms with van der Waals surface area (Å²) < 4.78 is 5.29. The second-order valence-corrected chi connectivity index (χ2v) is 4.01. The molecule has 4 heteroatoms. The van der Waals surface area contributed by atoms with Crippen LogP contribution in [0.5, 0.6) is 0 Å². The fraction of sp³-hybridized carbons (Fsp3) is 1.00. The van der Waals surface area contributed by atoms with E-state index in [-0.39, 0.29) is 6.10 Å². The molecule has 1 unspecified atom stereocenters. The Balaban J connectivity index is 2.21. The molecule has 0 spiro atoms. The molecule has 84 valence electrons. The normalized spacial score (nSPS) is 21.4. The van der Waals surface area contributed by atoms with Crippen LogP contribution in [0.4, 0.5) is 0 Å². The zero-order valence-corrected chi connectivity index (χ0v) is 8.98. The Bertz CT molecular complexity index is 149. The minimum absolute atomic E-state index is 0.284. The van der Waals surface area contributed by atoms with Crippen LogP contribution < -0.4 is 5.73 Å². The van der Waals surface area contributed by atoms with Gasteiger partial charge in [0.15, 0.2) is 0 Å². The molecular formula is C10H22N2O2. The van der Waals surface area contributed by atoms with Gasteiger partial charge in [0.1, 0.15) is 0 Å². The number of nitrogens with two attached hydrogens (primary N) is 1. The highest BCUT2D eigenvalue weighted by atomic mass is 16.5. The molecule has 3 N–H and O–H groups in total. The van der Waals surface area contributed by atoms with Crippen molar-refractivity contribution >= 4 is 0 Å². The van der Waals surface area contributed by atoms with E-state index in [1.807, 2.05) is 0 Å². The molecule has 0 saturated carbocycles. The van der Waals surface area contributed by atoms with E-state index < -0.39 is 0 Å². The first-order valence-corrected chi connectivity index (χ1v) is 5.40. The molecule has 0 aromatic heterocycles. The highest BCUT2D eigenvalue weighted by Gasteiger charge is 2.19. The first-order chi connectivity index (χ1) is 6.74. The van der Waals surface area contributed by atoms with Gasteiger partial charge in [-0.15, -0.1) is 0 Å². The zero-order chi connectivity index (χ0) is 10.4. The maximum absolute atomic E-state index is 9.60. The van der Waals surface area contributed by atoms with Crippen LogP contribution >= 0.6 is 0 Å². The van der Waals surface area contributed by atoms with E-state index in [4.69, 9.17) is 10.5 Å². The van der Waals surface area contributed by atoms with Gasteiger partial charge in [0.05, 0.1) is 6.10 Å². The molecule has 1 fully saturated rings. The second-order valence-electron chi connectivity index (χ2n) is 4.01. The number of hydrogen-bond acceptors (Lipinski definition) is 4. The van der Waals surface area contributed by atoms with Crippen LogP contribution in [0, 0.1) is 0 Å². The fourth-order valence-electron chi connectivity index (χ4n) is 1.89. The highest BCUT2D eigenvalue weighted by Crippen LogP contribution is 2.13. The maximum atomic E-state index is 9.60. The molecule has 0 aliphatic carbocycles. The maximum Gasteiger partial charge on any atom is 0.0679 e. The third-order valence-electron chi connectivity index (χ3n) is 2.81. The number of aliphatic hydroxyl groups is 1. The van der Waals surface area contributed by atoms with Crippen LogP contribution in [-0.2, 0) is 4.74 Å². The van der Waals surface area contributed by atoms with Crippen molar-refractivity contribution in [2.45, 2.75) is 31.4 Å². The molecule has 0 aromatic carbocycles. The first kappa shape index (κ1) is 11.9. The Kier molecular flexibility index (Phi) is 5.40. The molecule has 0 bridgehead atoms. The van der Waals surface area contributed by atoms with Crippen molar-refractivity contribution in [3.8, 4) is 0 Å². The third kappa shape index (κ3) is 3.92. The van der Waals surface area contributed by atoms with Gasteiger partial charge in [-0.1, -0.05) is 0 Å². The van der Waals surface area contributed by atoms with Gasteiger partial charge >= 0.3 is 0 Å². The summed E-state index contributed by atoms with van der Waals surface area (Å²) in [4.78, 5) is 2.23. The monoisotopic (exact) mass is 202 g/mol. The summed E-state index contributed by atoms with van der Waals surface area (Å²) in [5.74, 6) is 0. The number of likely N-dealkylation sites (N-methyl/N-ethyl adjacent to an activating group) is 1. The van der Waals surface area contributed by atoms with Crippen LogP contribution in [0.3, 0.4) is 0 Å². The van der Waals surface area contributed by atoms with Gasteiger partial charge < -0.3 is 20.5 Å². The zero-order valence-electron chi connectivity index (χ0n) is 8.98. The molecule has 1 aliphatic heterocycles. The molecule has 1 aliphatic rings. The first-order valence-electron chi connectivity index (χ1n) is 5.40. The second kappa shape index (κ2) is 6.35. The van der Waals surface area contributed by atoms with Crippen molar-refractivity contribution in [3.63, 3.8) is 0 Å². The third-order valence-corrected chi connectivity index (χ3v) is 2.81. The largest absolute Gasteiger partial charge is 0.392 e. The van der Waals surface area contributed by atoms with Crippen LogP contribution in [-0.4, -0.2) is 55.5 Å². The average Bonchev–Trinajstić information content (AvgIpc) is 2.19. The molecule has 4 nitrogen and oxygen atoms in total. The van der Waals surface area contributed by atoms with Crippen molar-refractivity contribution < 1.29 is 9.84 Å². The van der Waals surface area contributed by atoms with Crippen LogP contribution in [0.15, 0.2) is 0 Å². The van der Waals surface area contributed by atoms with Gasteiger partial charge in [-0.3, -0.25) is 0 Å². The quantitative estimate of drug-likeness (QED) is 0.648. The van der Waals surface area contributed by atoms with E-state index >= 15 is 0 Å². The molecule has 1 atom stereocenters. The summed E-state index contributed by atoms with van der Waals surface area (Å²) in [6.45, 7) is 2.98. The summed E-state index contributed by atoms with van der Waals surface area (Å²) in [7, 11) is 2.07. The van der Waals surface area contributed by atoms with Gasteiger partial charge in [0, 0.05) is 25.8 Å². The number of hydrogen-bond donors (Lipinski definition) is 2. The smallest absolute Gasteiger partial charge is 0.0679 e. The SMILES string of the molecule is CN(CC(O)CCN)C1CCOCC1. The van der Waals surface area contributed by atoms with Crippen molar-refractivity contribution in [2.75, 3.05) is 33.4 Å². The van der Waals surface area contributed by atoms with Crippen molar-refractivity contribution in [1.29, 1.82) is 0 Å². The number of nitrogens with zero attached hydrogens (tertiary/aromatic N) is 1. The van der Waals surface area contributed by atoms with E-state index in [9.17, 15) is 5.11 Å². The van der Waals surface area contributed by atoms with Gasteiger partial charge in [0.2, 0.25) is 0 Å². The number of rotatable bonds is 5. The molecule has 0 aromatic rings. The molecule has 1 rings (SSSR count). The Morgan fingerprint density at radius 2 is 2.14 bits per heavy atom. The minimum atomic E-state index is -0.284. The molecule has 0 radical (unpaired) electrons. The Morgan fingerprint density at radius 3 is 2.71 bits per heavy atom. The minimum Gasteiger partial charge on any atom is -0.392 e. The molecular weight excluding hydrogens is 180 g/mol. The number of aliphatic hydroxyl groups excluding tert-OH is 1. The van der Waals surface area contributed by atoms with Crippen molar-refractivity contribution in [1.82, 2.24) is 4.90 Å². The Labute approximate surface area is 86.0 Å². The van der Waals surface area contributed by atoms with Crippen LogP contribution in [0.1, 0.15) is 19.3 Å². The van der Waals surface area contributed by atoms with E-state index in [1.165, 1.54) is 0 Å². The van der Waals surface area contributed by atoms with Crippen molar-refractivity contribution in [3.05, 3.63) is 0 Å². The molecule has 0 amide bonds.